The molecular weight excluding hydrogens is 486 g/mol. The SMILES string of the molecule is CC1CCC(C(C)C)C(O[C@H]2OC(=O)C(Br)=C2Sc2nnc(-c3ccncc3)s2)C1. The number of aromatic nitrogens is 3. The van der Waals surface area contributed by atoms with Gasteiger partial charge >= 0.3 is 5.97 Å². The third-order valence-corrected chi connectivity index (χ3v) is 8.77. The molecule has 0 bridgehead atoms. The number of carbonyl (C=O) groups is 1. The molecule has 4 rings (SSSR count). The quantitative estimate of drug-likeness (QED) is 0.465. The summed E-state index contributed by atoms with van der Waals surface area (Å²) in [5.74, 6) is 1.20. The van der Waals surface area contributed by atoms with Gasteiger partial charge in [-0.3, -0.25) is 4.98 Å². The minimum Gasteiger partial charge on any atom is -0.427 e. The molecule has 160 valence electrons. The molecule has 30 heavy (non-hydrogen) atoms. The maximum absolute atomic E-state index is 12.3. The van der Waals surface area contributed by atoms with E-state index in [2.05, 4.69) is 51.9 Å². The van der Waals surface area contributed by atoms with Crippen molar-refractivity contribution in [1.29, 1.82) is 0 Å². The lowest BCUT2D eigenvalue weighted by atomic mass is 9.75. The van der Waals surface area contributed by atoms with E-state index in [-0.39, 0.29) is 6.10 Å². The highest BCUT2D eigenvalue weighted by Gasteiger charge is 2.40. The van der Waals surface area contributed by atoms with Crippen molar-refractivity contribution in [1.82, 2.24) is 15.2 Å². The van der Waals surface area contributed by atoms with E-state index in [0.29, 0.717) is 27.1 Å². The molecule has 0 N–H and O–H groups in total. The second-order valence-corrected chi connectivity index (χ2v) is 11.2. The first-order valence-electron chi connectivity index (χ1n) is 10.1. The van der Waals surface area contributed by atoms with Gasteiger partial charge in [-0.25, -0.2) is 4.79 Å². The molecule has 3 unspecified atom stereocenters. The van der Waals surface area contributed by atoms with Gasteiger partial charge in [-0.2, -0.15) is 0 Å². The van der Waals surface area contributed by atoms with Crippen LogP contribution in [0.4, 0.5) is 0 Å². The van der Waals surface area contributed by atoms with Crippen molar-refractivity contribution < 1.29 is 14.3 Å². The first kappa shape index (κ1) is 21.9. The van der Waals surface area contributed by atoms with Crippen LogP contribution in [-0.2, 0) is 14.3 Å². The van der Waals surface area contributed by atoms with Crippen LogP contribution in [0.1, 0.15) is 40.0 Å². The molecule has 0 aromatic carbocycles. The second-order valence-electron chi connectivity index (χ2n) is 8.13. The van der Waals surface area contributed by atoms with Gasteiger partial charge in [0.05, 0.1) is 11.0 Å². The van der Waals surface area contributed by atoms with Gasteiger partial charge in [0.1, 0.15) is 9.49 Å². The predicted molar refractivity (Wildman–Crippen MR) is 121 cm³/mol. The summed E-state index contributed by atoms with van der Waals surface area (Å²) in [5.41, 5.74) is 0.963. The van der Waals surface area contributed by atoms with E-state index < -0.39 is 12.3 Å². The Kier molecular flexibility index (Phi) is 6.91. The van der Waals surface area contributed by atoms with Crippen LogP contribution in [0, 0.1) is 17.8 Å². The van der Waals surface area contributed by atoms with Crippen molar-refractivity contribution in [3.05, 3.63) is 33.9 Å². The van der Waals surface area contributed by atoms with Crippen LogP contribution in [0.2, 0.25) is 0 Å². The summed E-state index contributed by atoms with van der Waals surface area (Å²) in [6.07, 6.45) is 6.17. The zero-order chi connectivity index (χ0) is 21.3. The summed E-state index contributed by atoms with van der Waals surface area (Å²) >= 11 is 6.24. The molecule has 1 aliphatic heterocycles. The zero-order valence-corrected chi connectivity index (χ0v) is 20.3. The van der Waals surface area contributed by atoms with Crippen molar-refractivity contribution >= 4 is 45.0 Å². The second kappa shape index (κ2) is 9.46. The van der Waals surface area contributed by atoms with E-state index in [0.717, 1.165) is 27.8 Å². The van der Waals surface area contributed by atoms with E-state index in [1.54, 1.807) is 12.4 Å². The molecule has 6 nitrogen and oxygen atoms in total. The minimum atomic E-state index is -0.707. The Morgan fingerprint density at radius 1 is 1.27 bits per heavy atom. The van der Waals surface area contributed by atoms with Crippen LogP contribution in [-0.4, -0.2) is 33.5 Å². The fourth-order valence-corrected chi connectivity index (χ4v) is 6.40. The lowest BCUT2D eigenvalue weighted by Crippen LogP contribution is -2.37. The molecule has 1 saturated carbocycles. The molecule has 2 aliphatic rings. The number of hydrogen-bond donors (Lipinski definition) is 0. The maximum Gasteiger partial charge on any atom is 0.348 e. The third kappa shape index (κ3) is 4.79. The van der Waals surface area contributed by atoms with Gasteiger partial charge in [0.15, 0.2) is 4.34 Å². The molecule has 9 heteroatoms. The van der Waals surface area contributed by atoms with Crippen LogP contribution in [0.25, 0.3) is 10.6 Å². The molecule has 3 heterocycles. The molecule has 0 amide bonds. The number of carbonyl (C=O) groups excluding carboxylic acids is 1. The monoisotopic (exact) mass is 509 g/mol. The van der Waals surface area contributed by atoms with E-state index in [4.69, 9.17) is 9.47 Å². The molecule has 1 aliphatic carbocycles. The molecule has 2 aromatic heterocycles. The Labute approximate surface area is 193 Å². The van der Waals surface area contributed by atoms with Crippen molar-refractivity contribution in [2.24, 2.45) is 17.8 Å². The van der Waals surface area contributed by atoms with Crippen LogP contribution < -0.4 is 0 Å². The molecule has 2 aromatic rings. The smallest absolute Gasteiger partial charge is 0.348 e. The van der Waals surface area contributed by atoms with Crippen LogP contribution in [0.5, 0.6) is 0 Å². The number of hydrogen-bond acceptors (Lipinski definition) is 8. The van der Waals surface area contributed by atoms with Gasteiger partial charge in [-0.05, 0) is 58.7 Å². The van der Waals surface area contributed by atoms with Gasteiger partial charge in [0, 0.05) is 18.0 Å². The molecule has 1 fully saturated rings. The van der Waals surface area contributed by atoms with Crippen molar-refractivity contribution in [3.8, 4) is 10.6 Å². The average Bonchev–Trinajstić information content (AvgIpc) is 3.29. The standard InChI is InChI=1S/C21H24BrN3O3S2/c1-11(2)14-5-4-12(3)10-15(14)27-20-17(16(22)19(26)28-20)29-21-25-24-18(30-21)13-6-8-23-9-7-13/h6-9,11-12,14-15,20H,4-5,10H2,1-3H3/t12?,14?,15?,20-/m0/s1. The topological polar surface area (TPSA) is 74.2 Å². The Morgan fingerprint density at radius 3 is 2.77 bits per heavy atom. The highest BCUT2D eigenvalue weighted by Crippen LogP contribution is 2.44. The first-order chi connectivity index (χ1) is 14.4. The Balaban J connectivity index is 1.51. The summed E-state index contributed by atoms with van der Waals surface area (Å²) in [6.45, 7) is 6.73. The van der Waals surface area contributed by atoms with Crippen molar-refractivity contribution in [2.75, 3.05) is 0 Å². The number of rotatable bonds is 6. The largest absolute Gasteiger partial charge is 0.427 e. The van der Waals surface area contributed by atoms with Gasteiger partial charge in [-0.1, -0.05) is 50.3 Å². The summed E-state index contributed by atoms with van der Waals surface area (Å²) in [4.78, 5) is 17.0. The Hall–Kier alpha value is -1.29. The Bertz CT molecular complexity index is 935. The van der Waals surface area contributed by atoms with E-state index in [1.165, 1.54) is 29.5 Å². The van der Waals surface area contributed by atoms with Crippen molar-refractivity contribution in [2.45, 2.75) is 56.8 Å². The first-order valence-corrected chi connectivity index (χ1v) is 12.5. The summed E-state index contributed by atoms with van der Waals surface area (Å²) in [5, 5.41) is 9.37. The lowest BCUT2D eigenvalue weighted by Gasteiger charge is -2.38. The average molecular weight is 510 g/mol. The fourth-order valence-electron chi connectivity index (χ4n) is 3.98. The van der Waals surface area contributed by atoms with Crippen molar-refractivity contribution in [3.63, 3.8) is 0 Å². The number of ether oxygens (including phenoxy) is 2. The minimum absolute atomic E-state index is 0.0716. The highest BCUT2D eigenvalue weighted by atomic mass is 79.9. The van der Waals surface area contributed by atoms with Crippen LogP contribution >= 0.6 is 39.0 Å². The number of nitrogens with zero attached hydrogens (tertiary/aromatic N) is 3. The van der Waals surface area contributed by atoms with Gasteiger partial charge in [0.2, 0.25) is 6.29 Å². The summed E-state index contributed by atoms with van der Waals surface area (Å²) in [7, 11) is 0. The van der Waals surface area contributed by atoms with E-state index in [1.807, 2.05) is 12.1 Å². The van der Waals surface area contributed by atoms with Crippen LogP contribution in [0.15, 0.2) is 38.3 Å². The molecule has 0 spiro atoms. The fraction of sp³-hybridized carbons (Fsp3) is 0.524. The maximum atomic E-state index is 12.3. The van der Waals surface area contributed by atoms with Gasteiger partial charge in [0.25, 0.3) is 0 Å². The summed E-state index contributed by atoms with van der Waals surface area (Å²) < 4.78 is 13.1. The van der Waals surface area contributed by atoms with E-state index in [9.17, 15) is 4.79 Å². The molecule has 0 radical (unpaired) electrons. The number of halogens is 1. The van der Waals surface area contributed by atoms with Gasteiger partial charge in [-0.15, -0.1) is 10.2 Å². The van der Waals surface area contributed by atoms with Gasteiger partial charge < -0.3 is 9.47 Å². The van der Waals surface area contributed by atoms with Crippen LogP contribution in [0.3, 0.4) is 0 Å². The third-order valence-electron chi connectivity index (χ3n) is 5.61. The number of esters is 1. The number of thioether (sulfide) groups is 1. The predicted octanol–water partition coefficient (Wildman–Crippen LogP) is 5.66. The number of pyridine rings is 1. The van der Waals surface area contributed by atoms with E-state index >= 15 is 0 Å². The molecular formula is C21H24BrN3O3S2. The Morgan fingerprint density at radius 2 is 2.03 bits per heavy atom. The normalized spacial score (nSPS) is 27.0. The zero-order valence-electron chi connectivity index (χ0n) is 17.1. The number of cyclic esters (lactones) is 1. The molecule has 0 saturated heterocycles. The molecule has 4 atom stereocenters. The highest BCUT2D eigenvalue weighted by molar-refractivity contribution is 9.12. The summed E-state index contributed by atoms with van der Waals surface area (Å²) in [6, 6.07) is 3.79. The lowest BCUT2D eigenvalue weighted by molar-refractivity contribution is -0.179.